The zero-order valence-electron chi connectivity index (χ0n) is 16.6. The first-order valence-electron chi connectivity index (χ1n) is 9.42. The molecule has 0 aliphatic carbocycles. The summed E-state index contributed by atoms with van der Waals surface area (Å²) in [7, 11) is -2.67. The van der Waals surface area contributed by atoms with Gasteiger partial charge in [0.1, 0.15) is 11.6 Å². The number of halogens is 2. The molecule has 166 valence electrons. The van der Waals surface area contributed by atoms with Crippen LogP contribution in [-0.2, 0) is 19.6 Å². The zero-order chi connectivity index (χ0) is 22.6. The number of anilines is 2. The molecular formula is C20H21F2N3O5S. The van der Waals surface area contributed by atoms with Crippen molar-refractivity contribution in [3.05, 3.63) is 54.1 Å². The Balaban J connectivity index is 1.69. The normalized spacial score (nSPS) is 17.1. The molecule has 0 radical (unpaired) electrons. The van der Waals surface area contributed by atoms with Crippen LogP contribution in [0.2, 0.25) is 0 Å². The number of carbonyl (C=O) groups excluding carboxylic acids is 2. The molecule has 0 bridgehead atoms. The SMILES string of the molecule is COC(=O)Nc1ccc(S(=O)(=O)N2CCC[C@H](C(=O)Nc3ccc(F)cc3F)C2)cc1. The van der Waals surface area contributed by atoms with Gasteiger partial charge in [-0.2, -0.15) is 4.31 Å². The Morgan fingerprint density at radius 1 is 1.10 bits per heavy atom. The Bertz CT molecular complexity index is 1080. The van der Waals surface area contributed by atoms with E-state index in [1.807, 2.05) is 0 Å². The molecule has 2 N–H and O–H groups in total. The second-order valence-electron chi connectivity index (χ2n) is 6.96. The predicted molar refractivity (Wildman–Crippen MR) is 109 cm³/mol. The monoisotopic (exact) mass is 453 g/mol. The molecule has 3 rings (SSSR count). The van der Waals surface area contributed by atoms with Crippen molar-refractivity contribution in [1.29, 1.82) is 0 Å². The van der Waals surface area contributed by atoms with Gasteiger partial charge >= 0.3 is 6.09 Å². The van der Waals surface area contributed by atoms with Gasteiger partial charge in [0.05, 0.1) is 23.6 Å². The van der Waals surface area contributed by atoms with E-state index in [-0.39, 0.29) is 23.7 Å². The lowest BCUT2D eigenvalue weighted by atomic mass is 9.98. The average Bonchev–Trinajstić information content (AvgIpc) is 2.76. The van der Waals surface area contributed by atoms with Crippen LogP contribution in [-0.4, -0.2) is 44.9 Å². The van der Waals surface area contributed by atoms with Gasteiger partial charge in [-0.3, -0.25) is 10.1 Å². The number of sulfonamides is 1. The van der Waals surface area contributed by atoms with Gasteiger partial charge in [0.25, 0.3) is 0 Å². The molecule has 1 aliphatic heterocycles. The van der Waals surface area contributed by atoms with Crippen molar-refractivity contribution in [1.82, 2.24) is 4.31 Å². The fourth-order valence-corrected chi connectivity index (χ4v) is 4.75. The summed E-state index contributed by atoms with van der Waals surface area (Å²) in [6.07, 6.45) is 0.200. The lowest BCUT2D eigenvalue weighted by Crippen LogP contribution is -2.43. The Kier molecular flexibility index (Phi) is 6.86. The Morgan fingerprint density at radius 3 is 2.45 bits per heavy atom. The van der Waals surface area contributed by atoms with Gasteiger partial charge in [-0.1, -0.05) is 0 Å². The minimum atomic E-state index is -3.88. The van der Waals surface area contributed by atoms with E-state index >= 15 is 0 Å². The van der Waals surface area contributed by atoms with E-state index in [0.29, 0.717) is 24.6 Å². The van der Waals surface area contributed by atoms with E-state index in [1.165, 1.54) is 35.7 Å². The molecule has 2 amide bonds. The summed E-state index contributed by atoms with van der Waals surface area (Å²) < 4.78 is 58.5. The first-order valence-corrected chi connectivity index (χ1v) is 10.9. The number of benzene rings is 2. The minimum absolute atomic E-state index is 0.00792. The topological polar surface area (TPSA) is 105 Å². The highest BCUT2D eigenvalue weighted by molar-refractivity contribution is 7.89. The summed E-state index contributed by atoms with van der Waals surface area (Å²) in [4.78, 5) is 23.8. The first kappa shape index (κ1) is 22.6. The molecule has 0 saturated carbocycles. The van der Waals surface area contributed by atoms with E-state index in [9.17, 15) is 26.8 Å². The molecule has 31 heavy (non-hydrogen) atoms. The molecule has 0 spiro atoms. The highest BCUT2D eigenvalue weighted by Gasteiger charge is 2.33. The van der Waals surface area contributed by atoms with Gasteiger partial charge in [0.15, 0.2) is 0 Å². The van der Waals surface area contributed by atoms with Crippen LogP contribution in [0.1, 0.15) is 12.8 Å². The molecule has 1 fully saturated rings. The molecule has 2 aromatic carbocycles. The molecular weight excluding hydrogens is 432 g/mol. The second-order valence-corrected chi connectivity index (χ2v) is 8.89. The maximum absolute atomic E-state index is 13.8. The van der Waals surface area contributed by atoms with E-state index in [4.69, 9.17) is 0 Å². The summed E-state index contributed by atoms with van der Waals surface area (Å²) >= 11 is 0. The van der Waals surface area contributed by atoms with E-state index in [1.54, 1.807) is 0 Å². The number of carbonyl (C=O) groups is 2. The van der Waals surface area contributed by atoms with Crippen LogP contribution >= 0.6 is 0 Å². The maximum atomic E-state index is 13.8. The number of hydrogen-bond acceptors (Lipinski definition) is 5. The van der Waals surface area contributed by atoms with Crippen LogP contribution < -0.4 is 10.6 Å². The quantitative estimate of drug-likeness (QED) is 0.724. The Morgan fingerprint density at radius 2 is 1.81 bits per heavy atom. The third-order valence-corrected chi connectivity index (χ3v) is 6.75. The zero-order valence-corrected chi connectivity index (χ0v) is 17.4. The first-order chi connectivity index (χ1) is 14.7. The summed E-state index contributed by atoms with van der Waals surface area (Å²) in [5, 5.41) is 4.82. The van der Waals surface area contributed by atoms with Crippen LogP contribution in [0.3, 0.4) is 0 Å². The van der Waals surface area contributed by atoms with Crippen LogP contribution in [0, 0.1) is 17.6 Å². The minimum Gasteiger partial charge on any atom is -0.453 e. The van der Waals surface area contributed by atoms with E-state index in [0.717, 1.165) is 12.1 Å². The van der Waals surface area contributed by atoms with Crippen molar-refractivity contribution in [2.24, 2.45) is 5.92 Å². The lowest BCUT2D eigenvalue weighted by molar-refractivity contribution is -0.120. The number of piperidine rings is 1. The highest BCUT2D eigenvalue weighted by Crippen LogP contribution is 2.26. The predicted octanol–water partition coefficient (Wildman–Crippen LogP) is 3.18. The van der Waals surface area contributed by atoms with Crippen molar-refractivity contribution < 1.29 is 31.5 Å². The number of ether oxygens (including phenoxy) is 1. The van der Waals surface area contributed by atoms with Gasteiger partial charge in [-0.25, -0.2) is 22.0 Å². The van der Waals surface area contributed by atoms with Crippen LogP contribution in [0.25, 0.3) is 0 Å². The summed E-state index contributed by atoms with van der Waals surface area (Å²) in [6, 6.07) is 8.34. The molecule has 2 aromatic rings. The largest absolute Gasteiger partial charge is 0.453 e. The fraction of sp³-hybridized carbons (Fsp3) is 0.300. The van der Waals surface area contributed by atoms with Crippen molar-refractivity contribution >= 4 is 33.4 Å². The molecule has 0 aromatic heterocycles. The van der Waals surface area contributed by atoms with Crippen LogP contribution in [0.15, 0.2) is 47.4 Å². The standard InChI is InChI=1S/C20H21F2N3O5S/c1-30-20(27)23-15-5-7-16(8-6-15)31(28,29)25-10-2-3-13(12-25)19(26)24-18-9-4-14(21)11-17(18)22/h4-9,11,13H,2-3,10,12H2,1H3,(H,23,27)(H,24,26)/t13-/m0/s1. The highest BCUT2D eigenvalue weighted by atomic mass is 32.2. The summed E-state index contributed by atoms with van der Waals surface area (Å²) in [6.45, 7) is 0.165. The molecule has 11 heteroatoms. The number of hydrogen-bond donors (Lipinski definition) is 2. The van der Waals surface area contributed by atoms with Gasteiger partial charge in [-0.05, 0) is 49.2 Å². The maximum Gasteiger partial charge on any atom is 0.411 e. The number of rotatable bonds is 5. The van der Waals surface area contributed by atoms with Crippen molar-refractivity contribution in [3.63, 3.8) is 0 Å². The Labute approximate surface area is 178 Å². The fourth-order valence-electron chi connectivity index (χ4n) is 3.23. The number of nitrogens with zero attached hydrogens (tertiary/aromatic N) is 1. The summed E-state index contributed by atoms with van der Waals surface area (Å²) in [5.74, 6) is -2.90. The number of nitrogens with one attached hydrogen (secondary N) is 2. The number of amides is 2. The third kappa shape index (κ3) is 5.36. The smallest absolute Gasteiger partial charge is 0.411 e. The number of methoxy groups -OCH3 is 1. The molecule has 1 heterocycles. The second kappa shape index (κ2) is 9.40. The molecule has 8 nitrogen and oxygen atoms in total. The van der Waals surface area contributed by atoms with Gasteiger partial charge in [0, 0.05) is 24.8 Å². The molecule has 1 saturated heterocycles. The van der Waals surface area contributed by atoms with Gasteiger partial charge in [-0.15, -0.1) is 0 Å². The average molecular weight is 453 g/mol. The third-order valence-electron chi connectivity index (χ3n) is 4.87. The van der Waals surface area contributed by atoms with Gasteiger partial charge in [0.2, 0.25) is 15.9 Å². The van der Waals surface area contributed by atoms with Crippen molar-refractivity contribution in [2.45, 2.75) is 17.7 Å². The van der Waals surface area contributed by atoms with Crippen LogP contribution in [0.5, 0.6) is 0 Å². The molecule has 1 aliphatic rings. The lowest BCUT2D eigenvalue weighted by Gasteiger charge is -2.31. The van der Waals surface area contributed by atoms with Gasteiger partial charge < -0.3 is 10.1 Å². The van der Waals surface area contributed by atoms with E-state index < -0.39 is 39.6 Å². The Hall–Kier alpha value is -3.05. The molecule has 1 atom stereocenters. The van der Waals surface area contributed by atoms with Crippen LogP contribution in [0.4, 0.5) is 25.0 Å². The van der Waals surface area contributed by atoms with Crippen molar-refractivity contribution in [3.8, 4) is 0 Å². The van der Waals surface area contributed by atoms with E-state index in [2.05, 4.69) is 15.4 Å². The summed E-state index contributed by atoms with van der Waals surface area (Å²) in [5.41, 5.74) is 0.197. The molecule has 0 unspecified atom stereocenters. The van der Waals surface area contributed by atoms with Crippen molar-refractivity contribution in [2.75, 3.05) is 30.8 Å².